The summed E-state index contributed by atoms with van der Waals surface area (Å²) in [6, 6.07) is 8.53. The Hall–Kier alpha value is -2.58. The van der Waals surface area contributed by atoms with E-state index in [0.717, 1.165) is 69.1 Å². The van der Waals surface area contributed by atoms with Crippen LogP contribution in [0.25, 0.3) is 0 Å². The Morgan fingerprint density at radius 2 is 1.96 bits per heavy atom. The monoisotopic (exact) mass is 368 g/mol. The molecule has 1 aromatic carbocycles. The highest BCUT2D eigenvalue weighted by atomic mass is 16.5. The fraction of sp³-hybridized carbons (Fsp3) is 0.474. The van der Waals surface area contributed by atoms with Crippen LogP contribution in [0.15, 0.2) is 24.3 Å². The minimum atomic E-state index is 0.279. The number of hydrogen-bond acceptors (Lipinski definition) is 8. The third kappa shape index (κ3) is 3.04. The van der Waals surface area contributed by atoms with Gasteiger partial charge in [0, 0.05) is 26.2 Å². The lowest BCUT2D eigenvalue weighted by Crippen LogP contribution is -2.38. The highest BCUT2D eigenvalue weighted by Gasteiger charge is 2.35. The molecule has 0 spiro atoms. The van der Waals surface area contributed by atoms with Crippen molar-refractivity contribution in [2.24, 2.45) is 0 Å². The molecule has 0 bridgehead atoms. The van der Waals surface area contributed by atoms with Crippen molar-refractivity contribution >= 4 is 17.6 Å². The van der Waals surface area contributed by atoms with E-state index >= 15 is 0 Å². The molecule has 3 aliphatic heterocycles. The van der Waals surface area contributed by atoms with Gasteiger partial charge >= 0.3 is 0 Å². The van der Waals surface area contributed by atoms with E-state index in [0.29, 0.717) is 0 Å². The van der Waals surface area contributed by atoms with E-state index in [4.69, 9.17) is 19.4 Å². The summed E-state index contributed by atoms with van der Waals surface area (Å²) < 4.78 is 10.7. The average Bonchev–Trinajstić information content (AvgIpc) is 3.15. The molecule has 1 atom stereocenters. The summed E-state index contributed by atoms with van der Waals surface area (Å²) >= 11 is 0. The summed E-state index contributed by atoms with van der Waals surface area (Å²) in [7, 11) is 1.69. The zero-order valence-electron chi connectivity index (χ0n) is 15.4. The lowest BCUT2D eigenvalue weighted by molar-refractivity contribution is 0.122. The molecule has 142 valence electrons. The topological polar surface area (TPSA) is 74.8 Å². The Labute approximate surface area is 158 Å². The van der Waals surface area contributed by atoms with Gasteiger partial charge in [-0.2, -0.15) is 9.97 Å². The maximum atomic E-state index is 5.47. The number of methoxy groups -OCH3 is 1. The molecule has 1 aromatic heterocycles. The number of nitrogens with one attached hydrogen (secondary N) is 2. The van der Waals surface area contributed by atoms with Gasteiger partial charge in [-0.15, -0.1) is 0 Å². The SMILES string of the molecule is COc1ccc(CN2CCC3NNc4nc(N5CCOCC5)nc2c43)cc1. The second kappa shape index (κ2) is 6.86. The zero-order chi connectivity index (χ0) is 18.2. The number of hydrogen-bond donors (Lipinski definition) is 2. The largest absolute Gasteiger partial charge is 0.497 e. The molecule has 2 aromatic rings. The number of hydrazine groups is 1. The molecule has 0 saturated carbocycles. The van der Waals surface area contributed by atoms with Crippen molar-refractivity contribution in [1.82, 2.24) is 15.4 Å². The van der Waals surface area contributed by atoms with Crippen LogP contribution < -0.4 is 25.4 Å². The first-order valence-electron chi connectivity index (χ1n) is 9.46. The van der Waals surface area contributed by atoms with E-state index in [1.54, 1.807) is 7.11 Å². The van der Waals surface area contributed by atoms with Gasteiger partial charge in [0.25, 0.3) is 0 Å². The first-order chi connectivity index (χ1) is 13.3. The van der Waals surface area contributed by atoms with Crippen molar-refractivity contribution in [2.75, 3.05) is 55.2 Å². The lowest BCUT2D eigenvalue weighted by atomic mass is 10.0. The van der Waals surface area contributed by atoms with Crippen molar-refractivity contribution in [1.29, 1.82) is 0 Å². The Kier molecular flexibility index (Phi) is 4.21. The molecule has 1 fully saturated rings. The van der Waals surface area contributed by atoms with Gasteiger partial charge in [-0.25, -0.2) is 5.43 Å². The number of benzene rings is 1. The van der Waals surface area contributed by atoms with Crippen LogP contribution in [0.1, 0.15) is 23.6 Å². The second-order valence-electron chi connectivity index (χ2n) is 7.09. The van der Waals surface area contributed by atoms with Crippen LogP contribution in [0, 0.1) is 0 Å². The third-order valence-corrected chi connectivity index (χ3v) is 5.44. The smallest absolute Gasteiger partial charge is 0.229 e. The van der Waals surface area contributed by atoms with Crippen molar-refractivity contribution < 1.29 is 9.47 Å². The number of rotatable bonds is 4. The Morgan fingerprint density at radius 3 is 2.74 bits per heavy atom. The molecule has 3 aliphatic rings. The zero-order valence-corrected chi connectivity index (χ0v) is 15.4. The molecule has 1 unspecified atom stereocenters. The number of nitrogens with zero attached hydrogens (tertiary/aromatic N) is 4. The van der Waals surface area contributed by atoms with Crippen molar-refractivity contribution in [2.45, 2.75) is 19.0 Å². The minimum Gasteiger partial charge on any atom is -0.497 e. The first-order valence-corrected chi connectivity index (χ1v) is 9.46. The lowest BCUT2D eigenvalue weighted by Gasteiger charge is -2.34. The molecule has 0 radical (unpaired) electrons. The number of ether oxygens (including phenoxy) is 2. The predicted octanol–water partition coefficient (Wildman–Crippen LogP) is 1.70. The summed E-state index contributed by atoms with van der Waals surface area (Å²) in [6.45, 7) is 4.88. The molecule has 8 heteroatoms. The van der Waals surface area contributed by atoms with Crippen LogP contribution in [0.3, 0.4) is 0 Å². The summed E-state index contributed by atoms with van der Waals surface area (Å²) in [5.41, 5.74) is 9.04. The Balaban J connectivity index is 1.47. The van der Waals surface area contributed by atoms with Gasteiger partial charge in [-0.05, 0) is 24.1 Å². The van der Waals surface area contributed by atoms with E-state index in [1.807, 2.05) is 12.1 Å². The molecular formula is C19H24N6O2. The normalized spacial score (nSPS) is 21.0. The van der Waals surface area contributed by atoms with Crippen LogP contribution >= 0.6 is 0 Å². The standard InChI is InChI=1S/C19H24N6O2/c1-26-14-4-2-13(3-5-14)12-25-7-6-15-16-17(23-22-15)20-19(21-18(16)25)24-8-10-27-11-9-24/h2-5,15,22H,6-12H2,1H3,(H,20,21,23). The average molecular weight is 368 g/mol. The highest BCUT2D eigenvalue weighted by Crippen LogP contribution is 2.41. The third-order valence-electron chi connectivity index (χ3n) is 5.44. The summed E-state index contributed by atoms with van der Waals surface area (Å²) in [6.07, 6.45) is 1.03. The van der Waals surface area contributed by atoms with Gasteiger partial charge in [0.15, 0.2) is 5.82 Å². The van der Waals surface area contributed by atoms with Crippen LogP contribution in [-0.4, -0.2) is 49.9 Å². The highest BCUT2D eigenvalue weighted by molar-refractivity contribution is 5.67. The summed E-state index contributed by atoms with van der Waals surface area (Å²) in [5.74, 6) is 3.60. The minimum absolute atomic E-state index is 0.279. The van der Waals surface area contributed by atoms with Crippen LogP contribution in [0.4, 0.5) is 17.6 Å². The van der Waals surface area contributed by atoms with Crippen LogP contribution in [0.2, 0.25) is 0 Å². The number of morpholine rings is 1. The molecule has 5 rings (SSSR count). The number of anilines is 3. The van der Waals surface area contributed by atoms with Crippen LogP contribution in [-0.2, 0) is 11.3 Å². The maximum absolute atomic E-state index is 5.47. The van der Waals surface area contributed by atoms with Gasteiger partial charge in [0.2, 0.25) is 5.95 Å². The van der Waals surface area contributed by atoms with Gasteiger partial charge in [-0.3, -0.25) is 0 Å². The van der Waals surface area contributed by atoms with E-state index in [-0.39, 0.29) is 6.04 Å². The van der Waals surface area contributed by atoms with Gasteiger partial charge < -0.3 is 24.7 Å². The van der Waals surface area contributed by atoms with Gasteiger partial charge in [0.1, 0.15) is 11.6 Å². The summed E-state index contributed by atoms with van der Waals surface area (Å²) in [5, 5.41) is 0. The molecule has 1 saturated heterocycles. The Morgan fingerprint density at radius 1 is 1.15 bits per heavy atom. The molecule has 0 aliphatic carbocycles. The molecule has 2 N–H and O–H groups in total. The van der Waals surface area contributed by atoms with Crippen molar-refractivity contribution in [3.05, 3.63) is 35.4 Å². The van der Waals surface area contributed by atoms with E-state index in [2.05, 4.69) is 32.8 Å². The summed E-state index contributed by atoms with van der Waals surface area (Å²) in [4.78, 5) is 14.3. The Bertz CT molecular complexity index is 822. The molecule has 8 nitrogen and oxygen atoms in total. The molecule has 27 heavy (non-hydrogen) atoms. The quantitative estimate of drug-likeness (QED) is 0.845. The maximum Gasteiger partial charge on any atom is 0.229 e. The fourth-order valence-corrected chi connectivity index (χ4v) is 3.95. The predicted molar refractivity (Wildman–Crippen MR) is 103 cm³/mol. The van der Waals surface area contributed by atoms with E-state index < -0.39 is 0 Å². The molecular weight excluding hydrogens is 344 g/mol. The van der Waals surface area contributed by atoms with Crippen LogP contribution in [0.5, 0.6) is 5.75 Å². The molecule has 4 heterocycles. The van der Waals surface area contributed by atoms with Gasteiger partial charge in [0.05, 0.1) is 31.9 Å². The van der Waals surface area contributed by atoms with E-state index in [9.17, 15) is 0 Å². The fourth-order valence-electron chi connectivity index (χ4n) is 3.95. The van der Waals surface area contributed by atoms with Crippen molar-refractivity contribution in [3.8, 4) is 5.75 Å². The van der Waals surface area contributed by atoms with Gasteiger partial charge in [-0.1, -0.05) is 12.1 Å². The van der Waals surface area contributed by atoms with E-state index in [1.165, 1.54) is 11.1 Å². The van der Waals surface area contributed by atoms with Crippen molar-refractivity contribution in [3.63, 3.8) is 0 Å². The number of aromatic nitrogens is 2. The second-order valence-corrected chi connectivity index (χ2v) is 7.09. The first kappa shape index (κ1) is 16.6. The molecule has 0 amide bonds.